The number of amides is 2. The molecule has 0 spiro atoms. The summed E-state index contributed by atoms with van der Waals surface area (Å²) in [6.45, 7) is 2.43. The molecule has 1 aromatic carbocycles. The third kappa shape index (κ3) is 2.16. The lowest BCUT2D eigenvalue weighted by atomic mass is 10.3. The smallest absolute Gasteiger partial charge is 0.319 e. The molecule has 0 unspecified atom stereocenters. The van der Waals surface area contributed by atoms with Crippen LogP contribution in [0.5, 0.6) is 5.75 Å². The van der Waals surface area contributed by atoms with Crippen LogP contribution in [0.4, 0.5) is 10.5 Å². The zero-order valence-electron chi connectivity index (χ0n) is 8.36. The molecule has 4 heteroatoms. The van der Waals surface area contributed by atoms with E-state index in [2.05, 4.69) is 0 Å². The van der Waals surface area contributed by atoms with E-state index >= 15 is 0 Å². The normalized spacial score (nSPS) is 9.57. The number of carbonyl (C=O) groups excluding carboxylic acids is 1. The highest BCUT2D eigenvalue weighted by Gasteiger charge is 2.08. The summed E-state index contributed by atoms with van der Waals surface area (Å²) < 4.78 is 5.01. The van der Waals surface area contributed by atoms with Crippen molar-refractivity contribution in [2.75, 3.05) is 18.6 Å². The fraction of sp³-hybridized carbons (Fsp3) is 0.300. The second kappa shape index (κ2) is 4.50. The summed E-state index contributed by atoms with van der Waals surface area (Å²) in [6, 6.07) is 6.74. The molecule has 0 aliphatic carbocycles. The summed E-state index contributed by atoms with van der Waals surface area (Å²) in [6.07, 6.45) is 0. The lowest BCUT2D eigenvalue weighted by Gasteiger charge is -2.18. The Morgan fingerprint density at radius 3 is 2.36 bits per heavy atom. The first kappa shape index (κ1) is 10.4. The van der Waals surface area contributed by atoms with Gasteiger partial charge in [0.2, 0.25) is 0 Å². The summed E-state index contributed by atoms with van der Waals surface area (Å²) >= 11 is 0. The first-order chi connectivity index (χ1) is 6.69. The van der Waals surface area contributed by atoms with Gasteiger partial charge < -0.3 is 10.5 Å². The largest absolute Gasteiger partial charge is 0.497 e. The molecule has 76 valence electrons. The molecule has 0 aromatic heterocycles. The van der Waals surface area contributed by atoms with Gasteiger partial charge in [-0.15, -0.1) is 0 Å². The van der Waals surface area contributed by atoms with Gasteiger partial charge in [-0.1, -0.05) is 0 Å². The molecule has 0 bridgehead atoms. The van der Waals surface area contributed by atoms with Gasteiger partial charge in [0, 0.05) is 12.2 Å². The molecular formula is C10H14N2O2. The van der Waals surface area contributed by atoms with Crippen LogP contribution in [-0.2, 0) is 0 Å². The van der Waals surface area contributed by atoms with E-state index in [4.69, 9.17) is 10.5 Å². The highest BCUT2D eigenvalue weighted by Crippen LogP contribution is 2.18. The Kier molecular flexibility index (Phi) is 3.34. The Morgan fingerprint density at radius 2 is 2.00 bits per heavy atom. The second-order valence-corrected chi connectivity index (χ2v) is 2.78. The molecule has 2 N–H and O–H groups in total. The van der Waals surface area contributed by atoms with Gasteiger partial charge >= 0.3 is 6.03 Å². The number of rotatable bonds is 3. The molecular weight excluding hydrogens is 180 g/mol. The first-order valence-electron chi connectivity index (χ1n) is 4.40. The minimum absolute atomic E-state index is 0.447. The zero-order chi connectivity index (χ0) is 10.6. The molecule has 0 fully saturated rings. The highest BCUT2D eigenvalue weighted by molar-refractivity contribution is 5.90. The van der Waals surface area contributed by atoms with Gasteiger partial charge in [0.05, 0.1) is 7.11 Å². The van der Waals surface area contributed by atoms with E-state index in [1.165, 1.54) is 4.90 Å². The maximum atomic E-state index is 11.0. The average molecular weight is 194 g/mol. The van der Waals surface area contributed by atoms with Crippen molar-refractivity contribution < 1.29 is 9.53 Å². The fourth-order valence-electron chi connectivity index (χ4n) is 1.23. The molecule has 1 aromatic rings. The summed E-state index contributed by atoms with van der Waals surface area (Å²) in [7, 11) is 1.60. The number of nitrogens with two attached hydrogens (primary N) is 1. The van der Waals surface area contributed by atoms with E-state index in [0.29, 0.717) is 6.54 Å². The van der Waals surface area contributed by atoms with E-state index in [1.54, 1.807) is 31.4 Å². The molecule has 0 atom stereocenters. The number of primary amides is 1. The summed E-state index contributed by atoms with van der Waals surface area (Å²) in [4.78, 5) is 12.5. The third-order valence-electron chi connectivity index (χ3n) is 1.97. The van der Waals surface area contributed by atoms with Gasteiger partial charge in [-0.3, -0.25) is 4.90 Å². The van der Waals surface area contributed by atoms with Crippen LogP contribution in [0.3, 0.4) is 0 Å². The monoisotopic (exact) mass is 194 g/mol. The van der Waals surface area contributed by atoms with E-state index in [9.17, 15) is 4.79 Å². The van der Waals surface area contributed by atoms with Crippen molar-refractivity contribution >= 4 is 11.7 Å². The van der Waals surface area contributed by atoms with Crippen molar-refractivity contribution in [2.24, 2.45) is 5.73 Å². The fourth-order valence-corrected chi connectivity index (χ4v) is 1.23. The van der Waals surface area contributed by atoms with Crippen molar-refractivity contribution in [3.8, 4) is 5.75 Å². The highest BCUT2D eigenvalue weighted by atomic mass is 16.5. The van der Waals surface area contributed by atoms with Crippen molar-refractivity contribution in [2.45, 2.75) is 6.92 Å². The Labute approximate surface area is 83.3 Å². The second-order valence-electron chi connectivity index (χ2n) is 2.78. The number of urea groups is 1. The summed E-state index contributed by atoms with van der Waals surface area (Å²) in [5.41, 5.74) is 5.98. The number of ether oxygens (including phenoxy) is 1. The summed E-state index contributed by atoms with van der Waals surface area (Å²) in [5.74, 6) is 0.759. The zero-order valence-corrected chi connectivity index (χ0v) is 8.36. The quantitative estimate of drug-likeness (QED) is 0.794. The van der Waals surface area contributed by atoms with E-state index in [0.717, 1.165) is 11.4 Å². The topological polar surface area (TPSA) is 55.6 Å². The van der Waals surface area contributed by atoms with Crippen LogP contribution in [0.2, 0.25) is 0 Å². The van der Waals surface area contributed by atoms with E-state index in [1.807, 2.05) is 6.92 Å². The Bertz CT molecular complexity index is 308. The number of nitrogens with zero attached hydrogens (tertiary/aromatic N) is 1. The van der Waals surface area contributed by atoms with Crippen LogP contribution in [0.1, 0.15) is 6.92 Å². The first-order valence-corrected chi connectivity index (χ1v) is 4.40. The number of methoxy groups -OCH3 is 1. The van der Waals surface area contributed by atoms with Crippen molar-refractivity contribution in [1.82, 2.24) is 0 Å². The molecule has 0 radical (unpaired) electrons. The molecule has 2 amide bonds. The standard InChI is InChI=1S/C10H14N2O2/c1-3-12(10(11)13)8-4-6-9(14-2)7-5-8/h4-7H,3H2,1-2H3,(H2,11,13). The van der Waals surface area contributed by atoms with Gasteiger partial charge in [-0.05, 0) is 31.2 Å². The molecule has 0 saturated heterocycles. The Morgan fingerprint density at radius 1 is 1.43 bits per heavy atom. The van der Waals surface area contributed by atoms with Gasteiger partial charge in [0.1, 0.15) is 5.75 Å². The third-order valence-corrected chi connectivity index (χ3v) is 1.97. The predicted octanol–water partition coefficient (Wildman–Crippen LogP) is 1.60. The predicted molar refractivity (Wildman–Crippen MR) is 55.6 cm³/mol. The number of anilines is 1. The lowest BCUT2D eigenvalue weighted by Crippen LogP contribution is -2.35. The molecule has 0 aliphatic rings. The Balaban J connectivity index is 2.89. The molecule has 1 rings (SSSR count). The van der Waals surface area contributed by atoms with Gasteiger partial charge in [0.25, 0.3) is 0 Å². The van der Waals surface area contributed by atoms with Gasteiger partial charge in [-0.2, -0.15) is 0 Å². The van der Waals surface area contributed by atoms with Crippen LogP contribution in [0.15, 0.2) is 24.3 Å². The van der Waals surface area contributed by atoms with Crippen LogP contribution in [0.25, 0.3) is 0 Å². The Hall–Kier alpha value is -1.71. The van der Waals surface area contributed by atoms with Crippen LogP contribution < -0.4 is 15.4 Å². The maximum Gasteiger partial charge on any atom is 0.319 e. The van der Waals surface area contributed by atoms with Crippen molar-refractivity contribution in [1.29, 1.82) is 0 Å². The van der Waals surface area contributed by atoms with E-state index < -0.39 is 6.03 Å². The number of carbonyl (C=O) groups is 1. The lowest BCUT2D eigenvalue weighted by molar-refractivity contribution is 0.254. The van der Waals surface area contributed by atoms with E-state index in [-0.39, 0.29) is 0 Å². The van der Waals surface area contributed by atoms with Crippen molar-refractivity contribution in [3.63, 3.8) is 0 Å². The number of hydrogen-bond acceptors (Lipinski definition) is 2. The number of hydrogen-bond donors (Lipinski definition) is 1. The van der Waals surface area contributed by atoms with Crippen LogP contribution >= 0.6 is 0 Å². The average Bonchev–Trinajstić information content (AvgIpc) is 2.19. The minimum Gasteiger partial charge on any atom is -0.497 e. The minimum atomic E-state index is -0.447. The van der Waals surface area contributed by atoms with Crippen molar-refractivity contribution in [3.05, 3.63) is 24.3 Å². The van der Waals surface area contributed by atoms with Crippen LogP contribution in [-0.4, -0.2) is 19.7 Å². The van der Waals surface area contributed by atoms with Crippen LogP contribution in [0, 0.1) is 0 Å². The SMILES string of the molecule is CCN(C(N)=O)c1ccc(OC)cc1. The van der Waals surface area contributed by atoms with Gasteiger partial charge in [0.15, 0.2) is 0 Å². The summed E-state index contributed by atoms with van der Waals surface area (Å²) in [5, 5.41) is 0. The molecule has 0 aliphatic heterocycles. The molecule has 14 heavy (non-hydrogen) atoms. The molecule has 4 nitrogen and oxygen atoms in total. The van der Waals surface area contributed by atoms with Gasteiger partial charge in [-0.25, -0.2) is 4.79 Å². The number of benzene rings is 1. The maximum absolute atomic E-state index is 11.0. The molecule has 0 heterocycles. The molecule has 0 saturated carbocycles.